The van der Waals surface area contributed by atoms with E-state index in [0.29, 0.717) is 0 Å². The molecular weight excluding hydrogens is 228 g/mol. The summed E-state index contributed by atoms with van der Waals surface area (Å²) in [5.74, 6) is 0.280. The van der Waals surface area contributed by atoms with Crippen LogP contribution in [0.3, 0.4) is 0 Å². The standard InChI is InChI=1S/C14H22N2O2/c1-3-10(2)13-14(18)16(9-12(17)15-13)11-7-5-4-6-8-11/h4-5,10-11,13H,3,6-9H2,1-2H3,(H,15,17). The molecule has 0 saturated carbocycles. The van der Waals surface area contributed by atoms with E-state index < -0.39 is 0 Å². The molecule has 0 radical (unpaired) electrons. The molecule has 0 aromatic carbocycles. The van der Waals surface area contributed by atoms with Gasteiger partial charge in [-0.3, -0.25) is 9.59 Å². The van der Waals surface area contributed by atoms with Gasteiger partial charge in [-0.25, -0.2) is 0 Å². The lowest BCUT2D eigenvalue weighted by molar-refractivity contribution is -0.148. The highest BCUT2D eigenvalue weighted by atomic mass is 16.2. The first-order chi connectivity index (χ1) is 8.63. The van der Waals surface area contributed by atoms with Crippen molar-refractivity contribution in [3.05, 3.63) is 12.2 Å². The van der Waals surface area contributed by atoms with Crippen LogP contribution in [-0.2, 0) is 9.59 Å². The predicted octanol–water partition coefficient (Wildman–Crippen LogP) is 1.47. The van der Waals surface area contributed by atoms with E-state index in [1.807, 2.05) is 13.8 Å². The van der Waals surface area contributed by atoms with Gasteiger partial charge in [0.15, 0.2) is 0 Å². The van der Waals surface area contributed by atoms with Gasteiger partial charge in [-0.05, 0) is 25.2 Å². The van der Waals surface area contributed by atoms with E-state index in [1.165, 1.54) is 0 Å². The zero-order valence-electron chi connectivity index (χ0n) is 11.2. The normalized spacial score (nSPS) is 30.2. The average Bonchev–Trinajstić information content (AvgIpc) is 2.41. The smallest absolute Gasteiger partial charge is 0.246 e. The molecule has 1 fully saturated rings. The second-order valence-electron chi connectivity index (χ2n) is 5.34. The van der Waals surface area contributed by atoms with Crippen molar-refractivity contribution in [2.75, 3.05) is 6.54 Å². The Hall–Kier alpha value is -1.32. The fraction of sp³-hybridized carbons (Fsp3) is 0.714. The second-order valence-corrected chi connectivity index (χ2v) is 5.34. The van der Waals surface area contributed by atoms with E-state index in [-0.39, 0.29) is 36.4 Å². The van der Waals surface area contributed by atoms with Gasteiger partial charge in [-0.15, -0.1) is 0 Å². The molecule has 0 aromatic heterocycles. The van der Waals surface area contributed by atoms with E-state index in [0.717, 1.165) is 25.7 Å². The molecule has 3 unspecified atom stereocenters. The van der Waals surface area contributed by atoms with Gasteiger partial charge in [0.1, 0.15) is 6.04 Å². The van der Waals surface area contributed by atoms with Crippen molar-refractivity contribution in [1.82, 2.24) is 10.2 Å². The maximum Gasteiger partial charge on any atom is 0.246 e. The topological polar surface area (TPSA) is 49.4 Å². The summed E-state index contributed by atoms with van der Waals surface area (Å²) >= 11 is 0. The fourth-order valence-corrected chi connectivity index (χ4v) is 2.68. The molecule has 1 aliphatic carbocycles. The highest BCUT2D eigenvalue weighted by molar-refractivity contribution is 5.95. The van der Waals surface area contributed by atoms with Crippen LogP contribution < -0.4 is 5.32 Å². The van der Waals surface area contributed by atoms with Crippen LogP contribution in [0.5, 0.6) is 0 Å². The number of amides is 2. The summed E-state index contributed by atoms with van der Waals surface area (Å²) in [6, 6.07) is -0.123. The maximum atomic E-state index is 12.5. The molecule has 4 heteroatoms. The van der Waals surface area contributed by atoms with Crippen LogP contribution in [0.25, 0.3) is 0 Å². The van der Waals surface area contributed by atoms with Crippen LogP contribution in [-0.4, -0.2) is 35.3 Å². The minimum absolute atomic E-state index is 0.0190. The Morgan fingerprint density at radius 2 is 2.22 bits per heavy atom. The van der Waals surface area contributed by atoms with Crippen molar-refractivity contribution in [2.24, 2.45) is 5.92 Å². The van der Waals surface area contributed by atoms with Crippen LogP contribution in [0.2, 0.25) is 0 Å². The van der Waals surface area contributed by atoms with Crippen LogP contribution in [0, 0.1) is 5.92 Å². The monoisotopic (exact) mass is 250 g/mol. The summed E-state index contributed by atoms with van der Waals surface area (Å²) in [5.41, 5.74) is 0. The van der Waals surface area contributed by atoms with E-state index in [1.54, 1.807) is 4.90 Å². The Morgan fingerprint density at radius 3 is 2.83 bits per heavy atom. The van der Waals surface area contributed by atoms with Crippen molar-refractivity contribution in [2.45, 2.75) is 51.6 Å². The van der Waals surface area contributed by atoms with Gasteiger partial charge in [0.05, 0.1) is 6.54 Å². The van der Waals surface area contributed by atoms with E-state index >= 15 is 0 Å². The largest absolute Gasteiger partial charge is 0.342 e. The summed E-state index contributed by atoms with van der Waals surface area (Å²) < 4.78 is 0. The zero-order valence-corrected chi connectivity index (χ0v) is 11.2. The number of nitrogens with zero attached hydrogens (tertiary/aromatic N) is 1. The molecule has 1 aliphatic heterocycles. The lowest BCUT2D eigenvalue weighted by Crippen LogP contribution is -2.62. The predicted molar refractivity (Wildman–Crippen MR) is 69.9 cm³/mol. The number of rotatable bonds is 3. The van der Waals surface area contributed by atoms with Crippen molar-refractivity contribution in [3.8, 4) is 0 Å². The molecule has 0 aromatic rings. The first kappa shape index (κ1) is 13.1. The molecule has 2 rings (SSSR count). The highest BCUT2D eigenvalue weighted by Crippen LogP contribution is 2.22. The van der Waals surface area contributed by atoms with Crippen LogP contribution >= 0.6 is 0 Å². The Bertz CT molecular complexity index is 365. The molecule has 0 bridgehead atoms. The third kappa shape index (κ3) is 2.57. The summed E-state index contributed by atoms with van der Waals surface area (Å²) in [6.07, 6.45) is 8.03. The number of piperazine rings is 1. The first-order valence-corrected chi connectivity index (χ1v) is 6.88. The van der Waals surface area contributed by atoms with Crippen molar-refractivity contribution in [3.63, 3.8) is 0 Å². The van der Waals surface area contributed by atoms with Crippen molar-refractivity contribution in [1.29, 1.82) is 0 Å². The zero-order chi connectivity index (χ0) is 13.1. The third-order valence-electron chi connectivity index (χ3n) is 4.07. The number of hydrogen-bond acceptors (Lipinski definition) is 2. The number of carbonyl (C=O) groups excluding carboxylic acids is 2. The number of nitrogens with one attached hydrogen (secondary N) is 1. The van der Waals surface area contributed by atoms with Crippen LogP contribution in [0.15, 0.2) is 12.2 Å². The van der Waals surface area contributed by atoms with Crippen molar-refractivity contribution >= 4 is 11.8 Å². The minimum Gasteiger partial charge on any atom is -0.342 e. The number of carbonyl (C=O) groups is 2. The Balaban J connectivity index is 2.12. The summed E-state index contributed by atoms with van der Waals surface area (Å²) in [6.45, 7) is 4.30. The Labute approximate surface area is 108 Å². The quantitative estimate of drug-likeness (QED) is 0.771. The molecule has 4 nitrogen and oxygen atoms in total. The SMILES string of the molecule is CCC(C)C1NC(=O)CN(C2CC=CCC2)C1=O. The molecule has 100 valence electrons. The number of hydrogen-bond donors (Lipinski definition) is 1. The van der Waals surface area contributed by atoms with Crippen LogP contribution in [0.1, 0.15) is 39.5 Å². The van der Waals surface area contributed by atoms with Gasteiger partial charge in [-0.1, -0.05) is 32.4 Å². The molecule has 2 amide bonds. The van der Waals surface area contributed by atoms with Gasteiger partial charge >= 0.3 is 0 Å². The second kappa shape index (κ2) is 5.55. The molecule has 1 saturated heterocycles. The summed E-state index contributed by atoms with van der Waals surface area (Å²) in [4.78, 5) is 26.0. The fourth-order valence-electron chi connectivity index (χ4n) is 2.68. The van der Waals surface area contributed by atoms with E-state index in [2.05, 4.69) is 17.5 Å². The minimum atomic E-state index is -0.331. The summed E-state index contributed by atoms with van der Waals surface area (Å²) in [7, 11) is 0. The molecule has 1 heterocycles. The number of allylic oxidation sites excluding steroid dienone is 1. The average molecular weight is 250 g/mol. The Morgan fingerprint density at radius 1 is 1.44 bits per heavy atom. The van der Waals surface area contributed by atoms with Gasteiger partial charge in [0.25, 0.3) is 0 Å². The molecule has 1 N–H and O–H groups in total. The first-order valence-electron chi connectivity index (χ1n) is 6.88. The lowest BCUT2D eigenvalue weighted by Gasteiger charge is -2.40. The van der Waals surface area contributed by atoms with E-state index in [4.69, 9.17) is 0 Å². The molecule has 2 aliphatic rings. The van der Waals surface area contributed by atoms with Crippen molar-refractivity contribution < 1.29 is 9.59 Å². The molecular formula is C14H22N2O2. The maximum absolute atomic E-state index is 12.5. The summed E-state index contributed by atoms with van der Waals surface area (Å²) in [5, 5.41) is 2.84. The van der Waals surface area contributed by atoms with E-state index in [9.17, 15) is 9.59 Å². The van der Waals surface area contributed by atoms with Gasteiger partial charge in [0, 0.05) is 6.04 Å². The lowest BCUT2D eigenvalue weighted by atomic mass is 9.93. The molecule has 18 heavy (non-hydrogen) atoms. The van der Waals surface area contributed by atoms with Gasteiger partial charge < -0.3 is 10.2 Å². The van der Waals surface area contributed by atoms with Gasteiger partial charge in [-0.2, -0.15) is 0 Å². The van der Waals surface area contributed by atoms with Gasteiger partial charge in [0.2, 0.25) is 11.8 Å². The van der Waals surface area contributed by atoms with Crippen LogP contribution in [0.4, 0.5) is 0 Å². The molecule has 3 atom stereocenters. The molecule has 0 spiro atoms. The Kier molecular flexibility index (Phi) is 4.04. The third-order valence-corrected chi connectivity index (χ3v) is 4.07. The highest BCUT2D eigenvalue weighted by Gasteiger charge is 2.38.